The predicted molar refractivity (Wildman–Crippen MR) is 74.8 cm³/mol. The third-order valence-electron chi connectivity index (χ3n) is 3.36. The molecule has 18 heavy (non-hydrogen) atoms. The van der Waals surface area contributed by atoms with E-state index >= 15 is 0 Å². The average Bonchev–Trinajstić information content (AvgIpc) is 3.20. The molecule has 1 aromatic heterocycles. The molecular formula is C14H23N3O. The van der Waals surface area contributed by atoms with Crippen LogP contribution in [0.25, 0.3) is 0 Å². The number of hydrogen-bond donors (Lipinski definition) is 2. The zero-order valence-corrected chi connectivity index (χ0v) is 11.3. The summed E-state index contributed by atoms with van der Waals surface area (Å²) < 4.78 is 5.52. The van der Waals surface area contributed by atoms with Crippen LogP contribution in [0, 0.1) is 11.8 Å². The molecule has 4 nitrogen and oxygen atoms in total. The highest BCUT2D eigenvalue weighted by atomic mass is 16.5. The van der Waals surface area contributed by atoms with Crippen molar-refractivity contribution >= 4 is 11.5 Å². The molecule has 0 spiro atoms. The van der Waals surface area contributed by atoms with Gasteiger partial charge in [-0.1, -0.05) is 13.8 Å². The predicted octanol–water partition coefficient (Wildman–Crippen LogP) is 2.91. The molecule has 1 heterocycles. The second kappa shape index (κ2) is 5.94. The number of nitrogens with one attached hydrogen (secondary N) is 1. The van der Waals surface area contributed by atoms with E-state index in [2.05, 4.69) is 24.1 Å². The Balaban J connectivity index is 1.90. The fraction of sp³-hybridized carbons (Fsp3) is 0.643. The van der Waals surface area contributed by atoms with Crippen LogP contribution in [-0.4, -0.2) is 18.1 Å². The first-order valence-corrected chi connectivity index (χ1v) is 6.84. The molecule has 3 N–H and O–H groups in total. The lowest BCUT2D eigenvalue weighted by Crippen LogP contribution is -2.14. The second-order valence-electron chi connectivity index (χ2n) is 5.13. The van der Waals surface area contributed by atoms with Crippen molar-refractivity contribution in [2.45, 2.75) is 33.1 Å². The van der Waals surface area contributed by atoms with Crippen LogP contribution < -0.4 is 15.8 Å². The van der Waals surface area contributed by atoms with Crippen LogP contribution in [0.4, 0.5) is 11.5 Å². The third kappa shape index (κ3) is 3.52. The van der Waals surface area contributed by atoms with E-state index in [0.717, 1.165) is 24.7 Å². The number of nitrogens with two attached hydrogens (primary N) is 1. The van der Waals surface area contributed by atoms with E-state index in [4.69, 9.17) is 10.5 Å². The van der Waals surface area contributed by atoms with Crippen LogP contribution in [0.5, 0.6) is 5.88 Å². The lowest BCUT2D eigenvalue weighted by molar-refractivity contribution is 0.307. The third-order valence-corrected chi connectivity index (χ3v) is 3.36. The fourth-order valence-electron chi connectivity index (χ4n) is 1.96. The maximum absolute atomic E-state index is 5.83. The zero-order chi connectivity index (χ0) is 13.0. The minimum atomic E-state index is 0.543. The van der Waals surface area contributed by atoms with Gasteiger partial charge in [-0.05, 0) is 43.2 Å². The molecule has 0 aliphatic heterocycles. The molecule has 0 aromatic carbocycles. The normalized spacial score (nSPS) is 16.3. The molecule has 1 aliphatic rings. The van der Waals surface area contributed by atoms with Gasteiger partial charge >= 0.3 is 0 Å². The maximum atomic E-state index is 5.83. The van der Waals surface area contributed by atoms with E-state index in [-0.39, 0.29) is 0 Å². The Labute approximate surface area is 109 Å². The largest absolute Gasteiger partial charge is 0.476 e. The van der Waals surface area contributed by atoms with E-state index in [9.17, 15) is 0 Å². The Hall–Kier alpha value is -1.45. The maximum Gasteiger partial charge on any atom is 0.239 e. The number of anilines is 2. The molecular weight excluding hydrogens is 226 g/mol. The standard InChI is InChI=1S/C14H23N3O/c1-3-8-18-14-12(15)6-7-13(17-14)16-9-10(2)11-4-5-11/h6-7,10-11H,3-5,8-9,15H2,1-2H3,(H,16,17). The Morgan fingerprint density at radius 2 is 2.28 bits per heavy atom. The Bertz CT molecular complexity index is 391. The van der Waals surface area contributed by atoms with E-state index < -0.39 is 0 Å². The summed E-state index contributed by atoms with van der Waals surface area (Å²) in [5, 5.41) is 3.36. The smallest absolute Gasteiger partial charge is 0.239 e. The second-order valence-corrected chi connectivity index (χ2v) is 5.13. The molecule has 0 radical (unpaired) electrons. The van der Waals surface area contributed by atoms with Crippen LogP contribution >= 0.6 is 0 Å². The van der Waals surface area contributed by atoms with Gasteiger partial charge in [-0.25, -0.2) is 0 Å². The van der Waals surface area contributed by atoms with E-state index in [1.807, 2.05) is 12.1 Å². The van der Waals surface area contributed by atoms with Crippen molar-refractivity contribution in [1.82, 2.24) is 4.98 Å². The molecule has 0 bridgehead atoms. The van der Waals surface area contributed by atoms with Gasteiger partial charge in [-0.2, -0.15) is 4.98 Å². The van der Waals surface area contributed by atoms with Crippen LogP contribution in [-0.2, 0) is 0 Å². The molecule has 1 aromatic rings. The van der Waals surface area contributed by atoms with Gasteiger partial charge in [0, 0.05) is 6.54 Å². The lowest BCUT2D eigenvalue weighted by atomic mass is 10.1. The highest BCUT2D eigenvalue weighted by molar-refractivity contribution is 5.53. The Morgan fingerprint density at radius 3 is 2.94 bits per heavy atom. The number of pyridine rings is 1. The molecule has 1 atom stereocenters. The first-order chi connectivity index (χ1) is 8.70. The van der Waals surface area contributed by atoms with Crippen molar-refractivity contribution in [3.8, 4) is 5.88 Å². The Morgan fingerprint density at radius 1 is 1.50 bits per heavy atom. The van der Waals surface area contributed by atoms with Crippen LogP contribution in [0.2, 0.25) is 0 Å². The minimum Gasteiger partial charge on any atom is -0.476 e. The molecule has 0 amide bonds. The van der Waals surface area contributed by atoms with Gasteiger partial charge in [0.25, 0.3) is 0 Å². The molecule has 0 saturated heterocycles. The van der Waals surface area contributed by atoms with E-state index in [0.29, 0.717) is 24.1 Å². The summed E-state index contributed by atoms with van der Waals surface area (Å²) in [6, 6.07) is 3.76. The summed E-state index contributed by atoms with van der Waals surface area (Å²) >= 11 is 0. The van der Waals surface area contributed by atoms with Gasteiger partial charge < -0.3 is 15.8 Å². The lowest BCUT2D eigenvalue weighted by Gasteiger charge is -2.13. The number of aromatic nitrogens is 1. The van der Waals surface area contributed by atoms with Gasteiger partial charge in [0.2, 0.25) is 5.88 Å². The van der Waals surface area contributed by atoms with Crippen molar-refractivity contribution in [2.24, 2.45) is 11.8 Å². The van der Waals surface area contributed by atoms with Crippen LogP contribution in [0.1, 0.15) is 33.1 Å². The first kappa shape index (κ1) is 13.0. The first-order valence-electron chi connectivity index (χ1n) is 6.84. The number of rotatable bonds is 7. The topological polar surface area (TPSA) is 60.2 Å². The summed E-state index contributed by atoms with van der Waals surface area (Å²) in [7, 11) is 0. The number of ether oxygens (including phenoxy) is 1. The number of nitrogen functional groups attached to an aromatic ring is 1. The minimum absolute atomic E-state index is 0.543. The molecule has 2 rings (SSSR count). The SMILES string of the molecule is CCCOc1nc(NCC(C)C2CC2)ccc1N. The molecule has 1 fully saturated rings. The summed E-state index contributed by atoms with van der Waals surface area (Å²) in [6.07, 6.45) is 3.71. The summed E-state index contributed by atoms with van der Waals surface area (Å²) in [4.78, 5) is 4.40. The molecule has 4 heteroatoms. The summed E-state index contributed by atoms with van der Waals surface area (Å²) in [5.41, 5.74) is 6.43. The van der Waals surface area contributed by atoms with Gasteiger partial charge in [0.15, 0.2) is 0 Å². The molecule has 1 saturated carbocycles. The van der Waals surface area contributed by atoms with Crippen molar-refractivity contribution in [1.29, 1.82) is 0 Å². The van der Waals surface area contributed by atoms with Crippen molar-refractivity contribution in [3.05, 3.63) is 12.1 Å². The zero-order valence-electron chi connectivity index (χ0n) is 11.3. The van der Waals surface area contributed by atoms with E-state index in [1.54, 1.807) is 0 Å². The summed E-state index contributed by atoms with van der Waals surface area (Å²) in [5.74, 6) is 3.01. The van der Waals surface area contributed by atoms with Crippen LogP contribution in [0.3, 0.4) is 0 Å². The van der Waals surface area contributed by atoms with Gasteiger partial charge in [0.1, 0.15) is 5.82 Å². The van der Waals surface area contributed by atoms with Crippen molar-refractivity contribution in [3.63, 3.8) is 0 Å². The van der Waals surface area contributed by atoms with Gasteiger partial charge in [0.05, 0.1) is 12.3 Å². The number of hydrogen-bond acceptors (Lipinski definition) is 4. The Kier molecular flexibility index (Phi) is 4.28. The highest BCUT2D eigenvalue weighted by Crippen LogP contribution is 2.36. The van der Waals surface area contributed by atoms with Crippen molar-refractivity contribution in [2.75, 3.05) is 24.2 Å². The van der Waals surface area contributed by atoms with E-state index in [1.165, 1.54) is 12.8 Å². The highest BCUT2D eigenvalue weighted by Gasteiger charge is 2.27. The monoisotopic (exact) mass is 249 g/mol. The number of nitrogens with zero attached hydrogens (tertiary/aromatic N) is 1. The summed E-state index contributed by atoms with van der Waals surface area (Å²) in [6.45, 7) is 5.97. The van der Waals surface area contributed by atoms with Crippen molar-refractivity contribution < 1.29 is 4.74 Å². The molecule has 1 aliphatic carbocycles. The molecule has 1 unspecified atom stereocenters. The molecule has 100 valence electrons. The fourth-order valence-corrected chi connectivity index (χ4v) is 1.96. The van der Waals surface area contributed by atoms with Gasteiger partial charge in [-0.15, -0.1) is 0 Å². The van der Waals surface area contributed by atoms with Gasteiger partial charge in [-0.3, -0.25) is 0 Å². The van der Waals surface area contributed by atoms with Crippen LogP contribution in [0.15, 0.2) is 12.1 Å². The average molecular weight is 249 g/mol. The quantitative estimate of drug-likeness (QED) is 0.780.